The van der Waals surface area contributed by atoms with E-state index in [0.29, 0.717) is 32.5 Å². The molecule has 9 heteroatoms. The molecule has 3 rings (SSSR count). The van der Waals surface area contributed by atoms with Crippen LogP contribution in [0.15, 0.2) is 46.3 Å². The lowest BCUT2D eigenvalue weighted by Crippen LogP contribution is -2.49. The number of halogens is 1. The number of hydrogen-bond acceptors (Lipinski definition) is 6. The molecular formula is C24H25ClN4O3S. The third kappa shape index (κ3) is 5.00. The average molecular weight is 485 g/mol. The number of aryl methyl sites for hydroxylation is 1. The molecule has 0 saturated carbocycles. The number of nitriles is 1. The van der Waals surface area contributed by atoms with Crippen LogP contribution in [0.4, 0.5) is 0 Å². The lowest BCUT2D eigenvalue weighted by atomic mass is 9.90. The fraction of sp³-hybridized carbons (Fsp3) is 0.333. The Labute approximate surface area is 201 Å². The van der Waals surface area contributed by atoms with E-state index in [2.05, 4.69) is 16.4 Å². The van der Waals surface area contributed by atoms with Crippen molar-refractivity contribution in [1.82, 2.24) is 14.9 Å². The number of nitrogens with one attached hydrogen (secondary N) is 1. The highest BCUT2D eigenvalue weighted by Crippen LogP contribution is 2.32. The standard InChI is InChI=1S/C24H25ClN4O3S/c1-14(2)24(4,13-26)28-21(30)12-33-23-27-18-9-7-6-8-16(18)22(31)29(23)19-10-15(3)17(25)11-20(19)32-5/h6-11,14H,12H2,1-5H3,(H,28,30)/t24-/m1/s1. The molecule has 0 bridgehead atoms. The summed E-state index contributed by atoms with van der Waals surface area (Å²) in [6.07, 6.45) is 0. The zero-order valence-corrected chi connectivity index (χ0v) is 20.7. The smallest absolute Gasteiger partial charge is 0.266 e. The summed E-state index contributed by atoms with van der Waals surface area (Å²) < 4.78 is 6.93. The Balaban J connectivity index is 2.09. The van der Waals surface area contributed by atoms with Crippen LogP contribution in [-0.2, 0) is 4.79 Å². The molecule has 0 aliphatic heterocycles. The van der Waals surface area contributed by atoms with Crippen LogP contribution >= 0.6 is 23.4 Å². The first-order chi connectivity index (χ1) is 15.6. The summed E-state index contributed by atoms with van der Waals surface area (Å²) in [5.41, 5.74) is 0.491. The number of benzene rings is 2. The summed E-state index contributed by atoms with van der Waals surface area (Å²) in [4.78, 5) is 30.8. The number of ether oxygens (including phenoxy) is 1. The number of amides is 1. The fourth-order valence-electron chi connectivity index (χ4n) is 3.17. The van der Waals surface area contributed by atoms with Crippen LogP contribution < -0.4 is 15.6 Å². The minimum atomic E-state index is -0.995. The maximum Gasteiger partial charge on any atom is 0.266 e. The second-order valence-corrected chi connectivity index (χ2v) is 9.48. The second-order valence-electron chi connectivity index (χ2n) is 8.13. The van der Waals surface area contributed by atoms with E-state index < -0.39 is 5.54 Å². The van der Waals surface area contributed by atoms with Gasteiger partial charge in [0, 0.05) is 11.1 Å². The third-order valence-electron chi connectivity index (χ3n) is 5.56. The van der Waals surface area contributed by atoms with Gasteiger partial charge in [0.05, 0.1) is 35.5 Å². The van der Waals surface area contributed by atoms with E-state index in [0.717, 1.165) is 17.3 Å². The van der Waals surface area contributed by atoms with E-state index in [-0.39, 0.29) is 23.1 Å². The van der Waals surface area contributed by atoms with Crippen molar-refractivity contribution >= 4 is 40.2 Å². The van der Waals surface area contributed by atoms with Crippen LogP contribution in [0.3, 0.4) is 0 Å². The van der Waals surface area contributed by atoms with Crippen LogP contribution in [-0.4, -0.2) is 33.9 Å². The summed E-state index contributed by atoms with van der Waals surface area (Å²) in [5.74, 6) is -0.0162. The maximum absolute atomic E-state index is 13.5. The summed E-state index contributed by atoms with van der Waals surface area (Å²) in [6.45, 7) is 7.26. The van der Waals surface area contributed by atoms with Gasteiger partial charge < -0.3 is 10.1 Å². The number of para-hydroxylation sites is 1. The molecule has 1 atom stereocenters. The molecule has 2 aromatic carbocycles. The Morgan fingerprint density at radius 3 is 2.70 bits per heavy atom. The lowest BCUT2D eigenvalue weighted by Gasteiger charge is -2.27. The molecule has 0 spiro atoms. The van der Waals surface area contributed by atoms with Gasteiger partial charge in [-0.1, -0.05) is 49.3 Å². The number of carbonyl (C=O) groups excluding carboxylic acids is 1. The van der Waals surface area contributed by atoms with Gasteiger partial charge in [-0.3, -0.25) is 14.2 Å². The summed E-state index contributed by atoms with van der Waals surface area (Å²) in [5, 5.41) is 13.6. The van der Waals surface area contributed by atoms with E-state index in [9.17, 15) is 14.9 Å². The van der Waals surface area contributed by atoms with Crippen molar-refractivity contribution < 1.29 is 9.53 Å². The highest BCUT2D eigenvalue weighted by molar-refractivity contribution is 7.99. The fourth-order valence-corrected chi connectivity index (χ4v) is 4.12. The van der Waals surface area contributed by atoms with Gasteiger partial charge in [-0.05, 0) is 43.5 Å². The van der Waals surface area contributed by atoms with Crippen LogP contribution in [0, 0.1) is 24.2 Å². The maximum atomic E-state index is 13.5. The van der Waals surface area contributed by atoms with Crippen molar-refractivity contribution in [3.63, 3.8) is 0 Å². The Morgan fingerprint density at radius 1 is 1.36 bits per heavy atom. The quantitative estimate of drug-likeness (QED) is 0.391. The van der Waals surface area contributed by atoms with Gasteiger partial charge >= 0.3 is 0 Å². The highest BCUT2D eigenvalue weighted by Gasteiger charge is 2.30. The highest BCUT2D eigenvalue weighted by atomic mass is 35.5. The molecule has 1 N–H and O–H groups in total. The topological polar surface area (TPSA) is 97.0 Å². The van der Waals surface area contributed by atoms with E-state index in [4.69, 9.17) is 16.3 Å². The molecule has 0 radical (unpaired) electrons. The SMILES string of the molecule is COc1cc(Cl)c(C)cc1-n1c(SCC(=O)N[C@](C)(C#N)C(C)C)nc2ccccc2c1=O. The first kappa shape index (κ1) is 24.6. The zero-order valence-electron chi connectivity index (χ0n) is 19.1. The lowest BCUT2D eigenvalue weighted by molar-refractivity contribution is -0.120. The summed E-state index contributed by atoms with van der Waals surface area (Å²) in [7, 11) is 1.50. The first-order valence-corrected chi connectivity index (χ1v) is 11.7. The predicted octanol–water partition coefficient (Wildman–Crippen LogP) is 4.50. The van der Waals surface area contributed by atoms with E-state index in [1.54, 1.807) is 43.3 Å². The van der Waals surface area contributed by atoms with Crippen LogP contribution in [0.1, 0.15) is 26.3 Å². The normalized spacial score (nSPS) is 12.9. The Bertz CT molecular complexity index is 1320. The van der Waals surface area contributed by atoms with Crippen LogP contribution in [0.25, 0.3) is 16.6 Å². The van der Waals surface area contributed by atoms with Gasteiger partial charge in [-0.15, -0.1) is 0 Å². The van der Waals surface area contributed by atoms with Gasteiger partial charge in [-0.2, -0.15) is 5.26 Å². The van der Waals surface area contributed by atoms with E-state index in [1.165, 1.54) is 11.7 Å². The number of rotatable bonds is 7. The van der Waals surface area contributed by atoms with Crippen LogP contribution in [0.2, 0.25) is 5.02 Å². The van der Waals surface area contributed by atoms with Crippen LogP contribution in [0.5, 0.6) is 5.75 Å². The molecule has 0 aliphatic carbocycles. The molecule has 172 valence electrons. The zero-order chi connectivity index (χ0) is 24.3. The second kappa shape index (κ2) is 9.86. The molecule has 0 unspecified atom stereocenters. The first-order valence-electron chi connectivity index (χ1n) is 10.3. The predicted molar refractivity (Wildman–Crippen MR) is 131 cm³/mol. The van der Waals surface area contributed by atoms with Crippen molar-refractivity contribution in [2.24, 2.45) is 5.92 Å². The molecule has 1 aromatic heterocycles. The van der Waals surface area contributed by atoms with Gasteiger partial charge in [0.25, 0.3) is 5.56 Å². The third-order valence-corrected chi connectivity index (χ3v) is 6.91. The van der Waals surface area contributed by atoms with Crippen molar-refractivity contribution in [2.45, 2.75) is 38.4 Å². The van der Waals surface area contributed by atoms with Gasteiger partial charge in [0.15, 0.2) is 5.16 Å². The molecule has 7 nitrogen and oxygen atoms in total. The number of methoxy groups -OCH3 is 1. The van der Waals surface area contributed by atoms with Gasteiger partial charge in [-0.25, -0.2) is 4.98 Å². The Morgan fingerprint density at radius 2 is 2.06 bits per heavy atom. The van der Waals surface area contributed by atoms with Crippen molar-refractivity contribution in [3.8, 4) is 17.5 Å². The minimum Gasteiger partial charge on any atom is -0.495 e. The number of aromatic nitrogens is 2. The number of thioether (sulfide) groups is 1. The number of hydrogen-bond donors (Lipinski definition) is 1. The molecule has 33 heavy (non-hydrogen) atoms. The molecular weight excluding hydrogens is 460 g/mol. The summed E-state index contributed by atoms with van der Waals surface area (Å²) >= 11 is 7.38. The minimum absolute atomic E-state index is 0.0241. The largest absolute Gasteiger partial charge is 0.495 e. The van der Waals surface area contributed by atoms with Crippen molar-refractivity contribution in [2.75, 3.05) is 12.9 Å². The molecule has 1 heterocycles. The van der Waals surface area contributed by atoms with E-state index in [1.807, 2.05) is 20.8 Å². The molecule has 0 aliphatic rings. The number of fused-ring (bicyclic) bond motifs is 1. The van der Waals surface area contributed by atoms with Crippen molar-refractivity contribution in [3.05, 3.63) is 57.3 Å². The molecule has 3 aromatic rings. The Hall–Kier alpha value is -3.02. The Kier molecular flexibility index (Phi) is 7.35. The van der Waals surface area contributed by atoms with Gasteiger partial charge in [0.1, 0.15) is 11.3 Å². The molecule has 0 fully saturated rings. The van der Waals surface area contributed by atoms with E-state index >= 15 is 0 Å². The number of nitrogens with zero attached hydrogens (tertiary/aromatic N) is 3. The van der Waals surface area contributed by atoms with Crippen molar-refractivity contribution in [1.29, 1.82) is 5.26 Å². The monoisotopic (exact) mass is 484 g/mol. The molecule has 1 amide bonds. The summed E-state index contributed by atoms with van der Waals surface area (Å²) in [6, 6.07) is 12.6. The molecule has 0 saturated heterocycles. The van der Waals surface area contributed by atoms with Gasteiger partial charge in [0.2, 0.25) is 5.91 Å². The average Bonchev–Trinajstić information content (AvgIpc) is 2.79. The number of carbonyl (C=O) groups is 1.